The van der Waals surface area contributed by atoms with Crippen LogP contribution >= 0.6 is 12.2 Å². The number of hydrogen-bond donors (Lipinski definition) is 2. The van der Waals surface area contributed by atoms with Crippen molar-refractivity contribution in [3.8, 4) is 12.1 Å². The number of nitrogens with zero attached hydrogens (tertiary/aromatic N) is 4. The minimum Gasteiger partial charge on any atom is -0.447 e. The Bertz CT molecular complexity index is 1080. The number of aliphatic hydroxyl groups excluding tert-OH is 1. The predicted octanol–water partition coefficient (Wildman–Crippen LogP) is 0.129. The maximum atomic E-state index is 13.6. The highest BCUT2D eigenvalue weighted by Gasteiger charge is 2.76. The molecule has 1 spiro atoms. The van der Waals surface area contributed by atoms with Crippen LogP contribution in [0.25, 0.3) is 0 Å². The molecule has 2 fully saturated rings. The lowest BCUT2D eigenvalue weighted by Gasteiger charge is -2.35. The Morgan fingerprint density at radius 2 is 1.97 bits per heavy atom. The zero-order valence-corrected chi connectivity index (χ0v) is 17.8. The number of nitrogens with one attached hydrogen (secondary N) is 1. The van der Waals surface area contributed by atoms with Gasteiger partial charge in [-0.15, -0.1) is 0 Å². The van der Waals surface area contributed by atoms with E-state index in [1.165, 1.54) is 11.9 Å². The minimum atomic E-state index is -2.11. The highest BCUT2D eigenvalue weighted by molar-refractivity contribution is 7.80. The maximum Gasteiger partial charge on any atom is 0.416 e. The lowest BCUT2D eigenvalue weighted by molar-refractivity contribution is -0.136. The van der Waals surface area contributed by atoms with E-state index in [0.29, 0.717) is 11.3 Å². The van der Waals surface area contributed by atoms with Gasteiger partial charge in [0.15, 0.2) is 0 Å². The van der Waals surface area contributed by atoms with Crippen LogP contribution in [0, 0.1) is 35.0 Å². The molecule has 1 aromatic rings. The molecular weight excluding hydrogens is 422 g/mol. The predicted molar refractivity (Wildman–Crippen MR) is 111 cm³/mol. The Balaban J connectivity index is 0.00000132. The first-order chi connectivity index (χ1) is 14.8. The van der Waals surface area contributed by atoms with Gasteiger partial charge in [-0.05, 0) is 18.6 Å². The largest absolute Gasteiger partial charge is 0.447 e. The number of imide groups is 1. The molecule has 160 valence electrons. The number of hydrogen-bond acceptors (Lipinski definition) is 8. The average molecular weight is 441 g/mol. The molecular formula is C20H19N5O5S. The number of aryl methyl sites for hydroxylation is 1. The number of cyclic esters (lactones) is 1. The smallest absolute Gasteiger partial charge is 0.416 e. The lowest BCUT2D eigenvalue weighted by Crippen LogP contribution is -2.60. The summed E-state index contributed by atoms with van der Waals surface area (Å²) in [5.41, 5.74) is -2.43. The third-order valence-electron chi connectivity index (χ3n) is 5.83. The molecule has 11 heteroatoms. The summed E-state index contributed by atoms with van der Waals surface area (Å²) < 4.78 is 4.85. The first-order valence-corrected chi connectivity index (χ1v) is 9.62. The number of carbonyl (C=O) groups excluding carboxylic acids is 3. The number of nitriles is 2. The van der Waals surface area contributed by atoms with Gasteiger partial charge in [0.05, 0.1) is 18.7 Å². The molecule has 0 aliphatic carbocycles. The van der Waals surface area contributed by atoms with Crippen molar-refractivity contribution in [3.05, 3.63) is 29.3 Å². The van der Waals surface area contributed by atoms with Crippen LogP contribution in [0.15, 0.2) is 18.2 Å². The average Bonchev–Trinajstić information content (AvgIpc) is 3.38. The van der Waals surface area contributed by atoms with Gasteiger partial charge < -0.3 is 20.1 Å². The Morgan fingerprint density at radius 3 is 2.52 bits per heavy atom. The number of ether oxygens (including phenoxy) is 1. The van der Waals surface area contributed by atoms with E-state index in [4.69, 9.17) is 22.1 Å². The van der Waals surface area contributed by atoms with Gasteiger partial charge in [-0.1, -0.05) is 29.9 Å². The highest BCUT2D eigenvalue weighted by Crippen LogP contribution is 2.57. The van der Waals surface area contributed by atoms with E-state index >= 15 is 0 Å². The molecule has 10 nitrogen and oxygen atoms in total. The standard InChI is InChI=1S/C19H15N5O4S.CH4O/c1-10-3-4-12-11(7-10)19(16(26)23(12)2)13(14(25)24-5-6-28-17(24)27)22-15(29)18(19,8-20)9-21;1-2/h3-4,7,13H,5-6H2,1-2H3,(H,22,29);2H,1H3/t13-,19+;/m0./s1. The van der Waals surface area contributed by atoms with Gasteiger partial charge in [-0.25, -0.2) is 9.69 Å². The summed E-state index contributed by atoms with van der Waals surface area (Å²) in [6.07, 6.45) is -0.840. The summed E-state index contributed by atoms with van der Waals surface area (Å²) in [4.78, 5) is 40.9. The molecule has 0 unspecified atom stereocenters. The minimum absolute atomic E-state index is 0.00942. The van der Waals surface area contributed by atoms with Crippen LogP contribution in [0.2, 0.25) is 0 Å². The first kappa shape index (κ1) is 22.2. The molecule has 3 aliphatic rings. The second-order valence-corrected chi connectivity index (χ2v) is 7.59. The van der Waals surface area contributed by atoms with Gasteiger partial charge >= 0.3 is 6.09 Å². The molecule has 3 aliphatic heterocycles. The molecule has 2 N–H and O–H groups in total. The first-order valence-electron chi connectivity index (χ1n) is 9.22. The molecule has 2 atom stereocenters. The Kier molecular flexibility index (Phi) is 5.44. The van der Waals surface area contributed by atoms with E-state index in [-0.39, 0.29) is 18.1 Å². The maximum absolute atomic E-state index is 13.6. The molecule has 0 aromatic heterocycles. The van der Waals surface area contributed by atoms with Crippen molar-refractivity contribution >= 4 is 40.8 Å². The SMILES string of the molecule is CO.Cc1ccc2c(c1)[C@]1(C(=O)N2C)[C@H](C(=O)N2CCOC2=O)NC(=S)C1(C#N)C#N. The van der Waals surface area contributed by atoms with Gasteiger partial charge in [0.1, 0.15) is 23.1 Å². The number of thiocarbonyl (C=S) groups is 1. The number of benzene rings is 1. The number of amides is 3. The molecule has 4 rings (SSSR count). The van der Waals surface area contributed by atoms with Gasteiger partial charge in [-0.2, -0.15) is 10.5 Å². The van der Waals surface area contributed by atoms with Crippen LogP contribution in [0.3, 0.4) is 0 Å². The van der Waals surface area contributed by atoms with Crippen molar-refractivity contribution < 1.29 is 24.2 Å². The number of fused-ring (bicyclic) bond motifs is 2. The molecule has 3 heterocycles. The molecule has 1 aromatic carbocycles. The highest BCUT2D eigenvalue weighted by atomic mass is 32.1. The fourth-order valence-corrected chi connectivity index (χ4v) is 4.80. The summed E-state index contributed by atoms with van der Waals surface area (Å²) >= 11 is 5.30. The molecule has 0 saturated carbocycles. The molecule has 0 bridgehead atoms. The number of anilines is 1. The van der Waals surface area contributed by atoms with Gasteiger partial charge in [0, 0.05) is 19.8 Å². The monoisotopic (exact) mass is 441 g/mol. The zero-order chi connectivity index (χ0) is 23.1. The van der Waals surface area contributed by atoms with Crippen LogP contribution < -0.4 is 10.2 Å². The van der Waals surface area contributed by atoms with Crippen LogP contribution in [0.4, 0.5) is 10.5 Å². The fourth-order valence-electron chi connectivity index (χ4n) is 4.43. The van der Waals surface area contributed by atoms with Crippen LogP contribution in [0.5, 0.6) is 0 Å². The summed E-state index contributed by atoms with van der Waals surface area (Å²) in [5.74, 6) is -1.38. The van der Waals surface area contributed by atoms with Crippen LogP contribution in [0.1, 0.15) is 11.1 Å². The normalized spacial score (nSPS) is 25.2. The third kappa shape index (κ3) is 2.57. The van der Waals surface area contributed by atoms with Crippen LogP contribution in [-0.4, -0.2) is 66.3 Å². The summed E-state index contributed by atoms with van der Waals surface area (Å²) in [6, 6.07) is 7.58. The molecule has 2 saturated heterocycles. The van der Waals surface area contributed by atoms with E-state index < -0.39 is 34.8 Å². The second kappa shape index (κ2) is 7.61. The van der Waals surface area contributed by atoms with E-state index in [1.807, 2.05) is 12.1 Å². The van der Waals surface area contributed by atoms with Crippen molar-refractivity contribution in [3.63, 3.8) is 0 Å². The second-order valence-electron chi connectivity index (χ2n) is 7.18. The number of rotatable bonds is 1. The van der Waals surface area contributed by atoms with Crippen LogP contribution in [-0.2, 0) is 19.7 Å². The summed E-state index contributed by atoms with van der Waals surface area (Å²) in [6.45, 7) is 1.84. The number of carbonyl (C=O) groups is 3. The topological polar surface area (TPSA) is 147 Å². The fraction of sp³-hybridized carbons (Fsp3) is 0.400. The Morgan fingerprint density at radius 1 is 1.32 bits per heavy atom. The lowest BCUT2D eigenvalue weighted by atomic mass is 9.60. The Hall–Kier alpha value is -3.54. The van der Waals surface area contributed by atoms with Crippen molar-refractivity contribution in [1.82, 2.24) is 10.2 Å². The van der Waals surface area contributed by atoms with E-state index in [1.54, 1.807) is 25.1 Å². The Labute approximate surface area is 183 Å². The third-order valence-corrected chi connectivity index (χ3v) is 6.25. The number of likely N-dealkylation sites (N-methyl/N-ethyl adjacent to an activating group) is 1. The van der Waals surface area contributed by atoms with Gasteiger partial charge in [0.25, 0.3) is 5.91 Å². The van der Waals surface area contributed by atoms with E-state index in [9.17, 15) is 24.9 Å². The van der Waals surface area contributed by atoms with E-state index in [2.05, 4.69) is 5.32 Å². The van der Waals surface area contributed by atoms with Crippen molar-refractivity contribution in [2.75, 3.05) is 32.2 Å². The zero-order valence-electron chi connectivity index (χ0n) is 17.0. The molecule has 3 amide bonds. The van der Waals surface area contributed by atoms with Crippen molar-refractivity contribution in [2.24, 2.45) is 5.41 Å². The van der Waals surface area contributed by atoms with Crippen molar-refractivity contribution in [1.29, 1.82) is 10.5 Å². The quantitative estimate of drug-likeness (QED) is 0.580. The van der Waals surface area contributed by atoms with Crippen molar-refractivity contribution in [2.45, 2.75) is 18.4 Å². The van der Waals surface area contributed by atoms with Gasteiger partial charge in [0.2, 0.25) is 11.3 Å². The molecule has 0 radical (unpaired) electrons. The van der Waals surface area contributed by atoms with Gasteiger partial charge in [-0.3, -0.25) is 9.59 Å². The molecule has 31 heavy (non-hydrogen) atoms. The summed E-state index contributed by atoms with van der Waals surface area (Å²) in [7, 11) is 2.51. The summed E-state index contributed by atoms with van der Waals surface area (Å²) in [5, 5.41) is 29.8. The number of aliphatic hydroxyl groups is 1. The van der Waals surface area contributed by atoms with E-state index in [0.717, 1.165) is 17.6 Å².